The summed E-state index contributed by atoms with van der Waals surface area (Å²) < 4.78 is 0. The number of rotatable bonds is 3. The van der Waals surface area contributed by atoms with Gasteiger partial charge < -0.3 is 10.4 Å². The molecule has 5 nitrogen and oxygen atoms in total. The van der Waals surface area contributed by atoms with Gasteiger partial charge in [0.15, 0.2) is 0 Å². The Balaban J connectivity index is 2.11. The Hall–Kier alpha value is -1.91. The lowest BCUT2D eigenvalue weighted by Crippen LogP contribution is -2.18. The van der Waals surface area contributed by atoms with Crippen molar-refractivity contribution in [2.24, 2.45) is 0 Å². The standard InChI is InChI=1S/C11H13N3O2/c1-7-9(10(15)16)6-12-11(13-7)14-8-4-2-3-5-8/h2-3,6,8H,4-5H2,1H3,(H,15,16)(H,12,13,14). The molecule has 2 rings (SSSR count). The summed E-state index contributed by atoms with van der Waals surface area (Å²) in [5.74, 6) is -0.497. The number of hydrogen-bond acceptors (Lipinski definition) is 4. The molecule has 84 valence electrons. The van der Waals surface area contributed by atoms with Crippen molar-refractivity contribution in [1.29, 1.82) is 0 Å². The van der Waals surface area contributed by atoms with Crippen LogP contribution in [0.5, 0.6) is 0 Å². The summed E-state index contributed by atoms with van der Waals surface area (Å²) in [7, 11) is 0. The van der Waals surface area contributed by atoms with Crippen LogP contribution < -0.4 is 5.32 Å². The van der Waals surface area contributed by atoms with Gasteiger partial charge in [-0.25, -0.2) is 14.8 Å². The number of aromatic carboxylic acids is 1. The number of aromatic nitrogens is 2. The monoisotopic (exact) mass is 219 g/mol. The average Bonchev–Trinajstić information content (AvgIpc) is 2.70. The highest BCUT2D eigenvalue weighted by atomic mass is 16.4. The van der Waals surface area contributed by atoms with Crippen LogP contribution in [-0.4, -0.2) is 27.1 Å². The van der Waals surface area contributed by atoms with Crippen molar-refractivity contribution in [1.82, 2.24) is 9.97 Å². The number of carboxylic acid groups (broad SMARTS) is 1. The van der Waals surface area contributed by atoms with Gasteiger partial charge in [0.1, 0.15) is 0 Å². The minimum absolute atomic E-state index is 0.148. The second-order valence-electron chi connectivity index (χ2n) is 3.78. The second kappa shape index (κ2) is 4.30. The fourth-order valence-corrected chi connectivity index (χ4v) is 1.66. The fourth-order valence-electron chi connectivity index (χ4n) is 1.66. The molecule has 0 aromatic carbocycles. The Bertz CT molecular complexity index is 435. The highest BCUT2D eigenvalue weighted by Gasteiger charge is 2.13. The van der Waals surface area contributed by atoms with Gasteiger partial charge in [-0.3, -0.25) is 0 Å². The summed E-state index contributed by atoms with van der Waals surface area (Å²) >= 11 is 0. The van der Waals surface area contributed by atoms with Gasteiger partial charge in [-0.05, 0) is 19.8 Å². The summed E-state index contributed by atoms with van der Waals surface area (Å²) in [6.45, 7) is 1.67. The van der Waals surface area contributed by atoms with Crippen LogP contribution in [0.15, 0.2) is 18.3 Å². The number of anilines is 1. The first-order chi connectivity index (χ1) is 7.66. The van der Waals surface area contributed by atoms with Gasteiger partial charge in [-0.1, -0.05) is 12.2 Å². The van der Waals surface area contributed by atoms with Crippen LogP contribution in [0.2, 0.25) is 0 Å². The van der Waals surface area contributed by atoms with E-state index < -0.39 is 5.97 Å². The minimum Gasteiger partial charge on any atom is -0.478 e. The molecular weight excluding hydrogens is 206 g/mol. The molecule has 0 amide bonds. The zero-order valence-corrected chi connectivity index (χ0v) is 8.97. The number of nitrogens with zero attached hydrogens (tertiary/aromatic N) is 2. The largest absolute Gasteiger partial charge is 0.478 e. The van der Waals surface area contributed by atoms with Crippen molar-refractivity contribution < 1.29 is 9.90 Å². The highest BCUT2D eigenvalue weighted by Crippen LogP contribution is 2.15. The van der Waals surface area contributed by atoms with E-state index in [0.717, 1.165) is 12.8 Å². The molecule has 0 aliphatic heterocycles. The van der Waals surface area contributed by atoms with Gasteiger partial charge in [0, 0.05) is 12.2 Å². The van der Waals surface area contributed by atoms with E-state index in [-0.39, 0.29) is 5.56 Å². The topological polar surface area (TPSA) is 75.1 Å². The normalized spacial score (nSPS) is 15.3. The first kappa shape index (κ1) is 10.6. The smallest absolute Gasteiger partial charge is 0.339 e. The third-order valence-corrected chi connectivity index (χ3v) is 2.55. The van der Waals surface area contributed by atoms with E-state index in [0.29, 0.717) is 17.7 Å². The SMILES string of the molecule is Cc1nc(NC2CC=CC2)ncc1C(=O)O. The summed E-state index contributed by atoms with van der Waals surface area (Å²) in [5.41, 5.74) is 0.631. The quantitative estimate of drug-likeness (QED) is 0.755. The lowest BCUT2D eigenvalue weighted by molar-refractivity contribution is 0.0695. The number of hydrogen-bond donors (Lipinski definition) is 2. The Morgan fingerprint density at radius 1 is 1.50 bits per heavy atom. The molecule has 0 bridgehead atoms. The van der Waals surface area contributed by atoms with E-state index in [2.05, 4.69) is 27.4 Å². The van der Waals surface area contributed by atoms with E-state index in [4.69, 9.17) is 5.11 Å². The molecule has 5 heteroatoms. The molecule has 0 saturated heterocycles. The van der Waals surface area contributed by atoms with Gasteiger partial charge in [-0.15, -0.1) is 0 Å². The van der Waals surface area contributed by atoms with E-state index in [1.54, 1.807) is 6.92 Å². The van der Waals surface area contributed by atoms with Gasteiger partial charge >= 0.3 is 5.97 Å². The predicted octanol–water partition coefficient (Wildman–Crippen LogP) is 1.61. The van der Waals surface area contributed by atoms with Crippen molar-refractivity contribution in [3.8, 4) is 0 Å². The highest BCUT2D eigenvalue weighted by molar-refractivity contribution is 5.88. The van der Waals surface area contributed by atoms with Crippen LogP contribution >= 0.6 is 0 Å². The van der Waals surface area contributed by atoms with Crippen LogP contribution in [-0.2, 0) is 0 Å². The Morgan fingerprint density at radius 2 is 2.19 bits per heavy atom. The third-order valence-electron chi connectivity index (χ3n) is 2.55. The van der Waals surface area contributed by atoms with Crippen LogP contribution in [0.4, 0.5) is 5.95 Å². The van der Waals surface area contributed by atoms with Gasteiger partial charge in [0.2, 0.25) is 5.95 Å². The maximum atomic E-state index is 10.8. The third kappa shape index (κ3) is 2.18. The Kier molecular flexibility index (Phi) is 2.85. The molecule has 0 spiro atoms. The molecule has 1 aliphatic rings. The summed E-state index contributed by atoms with van der Waals surface area (Å²) in [5, 5.41) is 12.0. The fraction of sp³-hybridized carbons (Fsp3) is 0.364. The lowest BCUT2D eigenvalue weighted by atomic mass is 10.2. The van der Waals surface area contributed by atoms with Crippen LogP contribution in [0.25, 0.3) is 0 Å². The van der Waals surface area contributed by atoms with E-state index in [1.165, 1.54) is 6.20 Å². The van der Waals surface area contributed by atoms with Crippen molar-refractivity contribution in [2.75, 3.05) is 5.32 Å². The van der Waals surface area contributed by atoms with Crippen molar-refractivity contribution >= 4 is 11.9 Å². The maximum Gasteiger partial charge on any atom is 0.339 e. The summed E-state index contributed by atoms with van der Waals surface area (Å²) in [6, 6.07) is 0.329. The molecule has 0 radical (unpaired) electrons. The van der Waals surface area contributed by atoms with Crippen molar-refractivity contribution in [2.45, 2.75) is 25.8 Å². The van der Waals surface area contributed by atoms with Gasteiger partial charge in [0.25, 0.3) is 0 Å². The molecule has 1 aliphatic carbocycles. The van der Waals surface area contributed by atoms with Crippen molar-refractivity contribution in [3.05, 3.63) is 29.6 Å². The van der Waals surface area contributed by atoms with Gasteiger partial charge in [-0.2, -0.15) is 0 Å². The summed E-state index contributed by atoms with van der Waals surface area (Å²) in [6.07, 6.45) is 7.48. The Morgan fingerprint density at radius 3 is 2.75 bits per heavy atom. The molecule has 1 aromatic heterocycles. The second-order valence-corrected chi connectivity index (χ2v) is 3.78. The van der Waals surface area contributed by atoms with Crippen LogP contribution in [0, 0.1) is 6.92 Å². The Labute approximate surface area is 93.2 Å². The lowest BCUT2D eigenvalue weighted by Gasteiger charge is -2.12. The molecule has 2 N–H and O–H groups in total. The van der Waals surface area contributed by atoms with E-state index >= 15 is 0 Å². The van der Waals surface area contributed by atoms with Crippen LogP contribution in [0.1, 0.15) is 28.9 Å². The average molecular weight is 219 g/mol. The molecule has 16 heavy (non-hydrogen) atoms. The molecule has 1 heterocycles. The van der Waals surface area contributed by atoms with Crippen LogP contribution in [0.3, 0.4) is 0 Å². The molecule has 0 saturated carbocycles. The van der Waals surface area contributed by atoms with Crippen molar-refractivity contribution in [3.63, 3.8) is 0 Å². The molecule has 0 unspecified atom stereocenters. The molecule has 1 aromatic rings. The molecule has 0 fully saturated rings. The minimum atomic E-state index is -0.994. The number of nitrogens with one attached hydrogen (secondary N) is 1. The zero-order valence-electron chi connectivity index (χ0n) is 8.97. The summed E-state index contributed by atoms with van der Waals surface area (Å²) in [4.78, 5) is 18.9. The predicted molar refractivity (Wildman–Crippen MR) is 59.5 cm³/mol. The number of carboxylic acids is 1. The first-order valence-electron chi connectivity index (χ1n) is 5.15. The number of aryl methyl sites for hydroxylation is 1. The first-order valence-corrected chi connectivity index (χ1v) is 5.15. The van der Waals surface area contributed by atoms with E-state index in [9.17, 15) is 4.79 Å². The van der Waals surface area contributed by atoms with E-state index in [1.807, 2.05) is 0 Å². The zero-order chi connectivity index (χ0) is 11.5. The number of carbonyl (C=O) groups is 1. The molecular formula is C11H13N3O2. The van der Waals surface area contributed by atoms with Gasteiger partial charge in [0.05, 0.1) is 11.3 Å². The molecule has 0 atom stereocenters. The maximum absolute atomic E-state index is 10.8.